The molecule has 14 heavy (non-hydrogen) atoms. The average Bonchev–Trinajstić information content (AvgIpc) is 2.72. The van der Waals surface area contributed by atoms with E-state index in [0.29, 0.717) is 13.2 Å². The summed E-state index contributed by atoms with van der Waals surface area (Å²) in [5.74, 6) is 0. The second-order valence-corrected chi connectivity index (χ2v) is 3.14. The second kappa shape index (κ2) is 3.73. The highest BCUT2D eigenvalue weighted by molar-refractivity contribution is 5.00. The van der Waals surface area contributed by atoms with Gasteiger partial charge in [-0.3, -0.25) is 0 Å². The third-order valence-corrected chi connectivity index (χ3v) is 2.40. The van der Waals surface area contributed by atoms with E-state index in [1.165, 1.54) is 0 Å². The van der Waals surface area contributed by atoms with Crippen LogP contribution in [0.2, 0.25) is 0 Å². The summed E-state index contributed by atoms with van der Waals surface area (Å²) in [4.78, 5) is 5.42. The summed E-state index contributed by atoms with van der Waals surface area (Å²) in [6, 6.07) is -0.604. The highest BCUT2D eigenvalue weighted by Crippen LogP contribution is 2.30. The average molecular weight is 196 g/mol. The van der Waals surface area contributed by atoms with Gasteiger partial charge in [0.05, 0.1) is 37.5 Å². The molecule has 4 atom stereocenters. The number of hydrogen-bond acceptors (Lipinski definition) is 4. The van der Waals surface area contributed by atoms with Crippen molar-refractivity contribution in [2.45, 2.75) is 24.3 Å². The number of rotatable bonds is 2. The molecule has 2 fully saturated rings. The Morgan fingerprint density at radius 3 is 1.71 bits per heavy atom. The molecule has 74 valence electrons. The lowest BCUT2D eigenvalue weighted by Crippen LogP contribution is -2.29. The number of hydrogen-bond donors (Lipinski definition) is 0. The van der Waals surface area contributed by atoms with E-state index in [0.717, 1.165) is 0 Å². The van der Waals surface area contributed by atoms with Crippen molar-refractivity contribution in [3.8, 4) is 0 Å². The molecule has 2 aliphatic rings. The third-order valence-electron chi connectivity index (χ3n) is 2.40. The normalized spacial score (nSPS) is 39.7. The topological polar surface area (TPSA) is 116 Å². The first-order valence-electron chi connectivity index (χ1n) is 4.18. The summed E-state index contributed by atoms with van der Waals surface area (Å²) in [7, 11) is 0. The maximum Gasteiger partial charge on any atom is 0.0948 e. The number of azide groups is 2. The zero-order valence-corrected chi connectivity index (χ0v) is 7.22. The van der Waals surface area contributed by atoms with E-state index in [1.807, 2.05) is 0 Å². The summed E-state index contributed by atoms with van der Waals surface area (Å²) < 4.78 is 10.7. The van der Waals surface area contributed by atoms with Gasteiger partial charge in [0.2, 0.25) is 0 Å². The van der Waals surface area contributed by atoms with Crippen molar-refractivity contribution in [3.63, 3.8) is 0 Å². The Morgan fingerprint density at radius 2 is 1.36 bits per heavy atom. The Hall–Kier alpha value is -1.46. The molecule has 0 aromatic carbocycles. The molecule has 0 N–H and O–H groups in total. The van der Waals surface area contributed by atoms with Crippen molar-refractivity contribution in [2.75, 3.05) is 13.2 Å². The first-order valence-corrected chi connectivity index (χ1v) is 4.18. The van der Waals surface area contributed by atoms with Crippen molar-refractivity contribution in [1.82, 2.24) is 0 Å². The Bertz CT molecular complexity index is 288. The van der Waals surface area contributed by atoms with E-state index < -0.39 is 0 Å². The molecule has 2 unspecified atom stereocenters. The van der Waals surface area contributed by atoms with Crippen LogP contribution in [0, 0.1) is 0 Å². The first kappa shape index (κ1) is 9.11. The molecule has 2 rings (SSSR count). The van der Waals surface area contributed by atoms with Crippen LogP contribution in [0.4, 0.5) is 0 Å². The molecule has 2 saturated heterocycles. The van der Waals surface area contributed by atoms with Crippen LogP contribution in [0.1, 0.15) is 0 Å². The minimum atomic E-state index is -0.302. The van der Waals surface area contributed by atoms with Gasteiger partial charge < -0.3 is 9.47 Å². The van der Waals surface area contributed by atoms with Crippen molar-refractivity contribution >= 4 is 0 Å². The van der Waals surface area contributed by atoms with E-state index in [-0.39, 0.29) is 24.3 Å². The monoisotopic (exact) mass is 196 g/mol. The highest BCUT2D eigenvalue weighted by Gasteiger charge is 2.46. The predicted molar refractivity (Wildman–Crippen MR) is 45.3 cm³/mol. The van der Waals surface area contributed by atoms with Crippen LogP contribution in [0.3, 0.4) is 0 Å². The van der Waals surface area contributed by atoms with E-state index in [9.17, 15) is 0 Å². The van der Waals surface area contributed by atoms with Crippen LogP contribution in [-0.2, 0) is 9.47 Å². The zero-order chi connectivity index (χ0) is 9.97. The van der Waals surface area contributed by atoms with Crippen molar-refractivity contribution in [3.05, 3.63) is 20.9 Å². The summed E-state index contributed by atoms with van der Waals surface area (Å²) in [5, 5.41) is 7.11. The van der Waals surface area contributed by atoms with Crippen LogP contribution < -0.4 is 0 Å². The van der Waals surface area contributed by atoms with Gasteiger partial charge in [-0.2, -0.15) is 0 Å². The molecule has 2 heterocycles. The van der Waals surface area contributed by atoms with E-state index >= 15 is 0 Å². The number of ether oxygens (including phenoxy) is 2. The molecule has 0 bridgehead atoms. The standard InChI is InChI=1S/C6H8N6O2/c7-11-9-3-1-13-6-4(10-12-8)2-14-5(3)6/h3-6H,1-2H2/t3-,4-,5?,6?/m0/s1. The van der Waals surface area contributed by atoms with Gasteiger partial charge in [-0.25, -0.2) is 0 Å². The van der Waals surface area contributed by atoms with E-state index in [2.05, 4.69) is 20.1 Å². The molecule has 8 heteroatoms. The molecule has 0 saturated carbocycles. The molecule has 0 amide bonds. The van der Waals surface area contributed by atoms with Crippen LogP contribution in [-0.4, -0.2) is 37.5 Å². The van der Waals surface area contributed by atoms with E-state index in [4.69, 9.17) is 20.5 Å². The fraction of sp³-hybridized carbons (Fsp3) is 1.00. The van der Waals surface area contributed by atoms with Gasteiger partial charge in [-0.1, -0.05) is 10.2 Å². The van der Waals surface area contributed by atoms with Crippen LogP contribution in [0.5, 0.6) is 0 Å². The fourth-order valence-electron chi connectivity index (χ4n) is 1.79. The van der Waals surface area contributed by atoms with Crippen molar-refractivity contribution in [1.29, 1.82) is 0 Å². The maximum atomic E-state index is 8.28. The molecule has 8 nitrogen and oxygen atoms in total. The van der Waals surface area contributed by atoms with Crippen LogP contribution >= 0.6 is 0 Å². The van der Waals surface area contributed by atoms with Gasteiger partial charge in [0.1, 0.15) is 0 Å². The molecule has 0 aromatic heterocycles. The Morgan fingerprint density at radius 1 is 0.929 bits per heavy atom. The highest BCUT2D eigenvalue weighted by atomic mass is 16.6. The van der Waals surface area contributed by atoms with Gasteiger partial charge in [-0.05, 0) is 11.1 Å². The van der Waals surface area contributed by atoms with Crippen molar-refractivity contribution < 1.29 is 9.47 Å². The SMILES string of the molecule is [N-]=[N+]=N[C@H]1COC2C1OC[C@@H]2N=[N+]=[N-]. The summed E-state index contributed by atoms with van der Waals surface area (Å²) in [5.41, 5.74) is 16.6. The summed E-state index contributed by atoms with van der Waals surface area (Å²) >= 11 is 0. The zero-order valence-electron chi connectivity index (χ0n) is 7.22. The molecular weight excluding hydrogens is 188 g/mol. The lowest BCUT2D eigenvalue weighted by atomic mass is 10.1. The molecule has 0 aliphatic carbocycles. The van der Waals surface area contributed by atoms with Crippen LogP contribution in [0.25, 0.3) is 20.9 Å². The van der Waals surface area contributed by atoms with E-state index in [1.54, 1.807) is 0 Å². The summed E-state index contributed by atoms with van der Waals surface area (Å²) in [6.07, 6.45) is -0.525. The Kier molecular flexibility index (Phi) is 2.43. The van der Waals surface area contributed by atoms with Gasteiger partial charge in [0.15, 0.2) is 0 Å². The first-order chi connectivity index (χ1) is 6.86. The second-order valence-electron chi connectivity index (χ2n) is 3.14. The molecule has 0 radical (unpaired) electrons. The fourth-order valence-corrected chi connectivity index (χ4v) is 1.79. The Labute approximate surface area is 79.0 Å². The minimum Gasteiger partial charge on any atom is -0.374 e. The summed E-state index contributed by atoms with van der Waals surface area (Å²) in [6.45, 7) is 0.660. The quantitative estimate of drug-likeness (QED) is 0.374. The number of nitrogens with zero attached hydrogens (tertiary/aromatic N) is 6. The van der Waals surface area contributed by atoms with Crippen LogP contribution in [0.15, 0.2) is 10.2 Å². The van der Waals surface area contributed by atoms with Crippen molar-refractivity contribution in [2.24, 2.45) is 10.2 Å². The lowest BCUT2D eigenvalue weighted by Gasteiger charge is -2.10. The Balaban J connectivity index is 2.11. The van der Waals surface area contributed by atoms with Gasteiger partial charge in [-0.15, -0.1) is 0 Å². The molecule has 0 spiro atoms. The minimum absolute atomic E-state index is 0.263. The lowest BCUT2D eigenvalue weighted by molar-refractivity contribution is 0.0692. The van der Waals surface area contributed by atoms with Gasteiger partial charge in [0.25, 0.3) is 0 Å². The predicted octanol–water partition coefficient (Wildman–Crippen LogP) is 1.14. The smallest absolute Gasteiger partial charge is 0.0948 e. The van der Waals surface area contributed by atoms with Gasteiger partial charge in [0, 0.05) is 9.82 Å². The molecule has 2 aliphatic heterocycles. The maximum absolute atomic E-state index is 8.28. The van der Waals surface area contributed by atoms with Gasteiger partial charge >= 0.3 is 0 Å². The molecule has 0 aromatic rings. The largest absolute Gasteiger partial charge is 0.374 e. The molecular formula is C6H8N6O2. The number of fused-ring (bicyclic) bond motifs is 1. The third kappa shape index (κ3) is 1.36.